The molecule has 65 heavy (non-hydrogen) atoms. The average Bonchev–Trinajstić information content (AvgIpc) is 3.53. The Balaban J connectivity index is 1.25. The van der Waals surface area contributed by atoms with E-state index in [9.17, 15) is 9.59 Å². The highest BCUT2D eigenvalue weighted by molar-refractivity contribution is 7.56. The van der Waals surface area contributed by atoms with Crippen molar-refractivity contribution in [2.75, 3.05) is 20.3 Å². The van der Waals surface area contributed by atoms with Crippen LogP contribution in [0.1, 0.15) is 73.1 Å². The number of fused-ring (bicyclic) bond motifs is 1. The molecule has 346 valence electrons. The number of nitrogens with zero attached hydrogens (tertiary/aromatic N) is 2. The molecule has 7 atom stereocenters. The molecule has 1 saturated heterocycles. The van der Waals surface area contributed by atoms with Gasteiger partial charge in [0.25, 0.3) is 0 Å². The molecule has 3 fully saturated rings. The zero-order valence-corrected chi connectivity index (χ0v) is 38.7. The fourth-order valence-corrected chi connectivity index (χ4v) is 11.0. The van der Waals surface area contributed by atoms with Gasteiger partial charge in [0.15, 0.2) is 11.4 Å². The van der Waals surface area contributed by atoms with Crippen molar-refractivity contribution >= 4 is 42.4 Å². The first-order valence-corrected chi connectivity index (χ1v) is 23.7. The van der Waals surface area contributed by atoms with Gasteiger partial charge in [-0.05, 0) is 75.6 Å². The van der Waals surface area contributed by atoms with E-state index in [1.54, 1.807) is 56.5 Å². The fraction of sp³-hybridized carbons (Fsp3) is 0.449. The van der Waals surface area contributed by atoms with Gasteiger partial charge in [-0.25, -0.2) is 19.1 Å². The second-order valence-corrected chi connectivity index (χ2v) is 20.0. The number of nitrogens with one attached hydrogen (secondary N) is 2. The molecule has 1 aliphatic heterocycles. The number of ether oxygens (including phenoxy) is 4. The van der Waals surface area contributed by atoms with Crippen LogP contribution in [0.2, 0.25) is 0 Å². The second-order valence-electron chi connectivity index (χ2n) is 17.9. The molecule has 7 rings (SSSR count). The standard InChI is InChI=1S/C49H59N4O11P/c1-8-33-29-49(33,65(58,63-31(3)46(56)60-9-2)64-35-22-14-11-15-23-35)52-44(54)41-27-37(30-53(41)45(55)43(48(4,5)6)51-47(57)62-34-20-16-17-21-34)61-42-28-39(32-18-12-10-13-19-32)50-40-26-36(59-7)24-25-38(40)42/h8,10-15,18-19,22-26,28,31,33-34,37,41,43H,1,9,16-17,20-21,27,29-30H2,2-7H3,(H,51,57)(H,52,54)/t31-,33-,37-,41+,43-,49+,65?/m1/s1. The van der Waals surface area contributed by atoms with Gasteiger partial charge in [0.1, 0.15) is 41.5 Å². The van der Waals surface area contributed by atoms with Crippen LogP contribution in [0, 0.1) is 11.3 Å². The van der Waals surface area contributed by atoms with Gasteiger partial charge >= 0.3 is 19.7 Å². The third-order valence-corrected chi connectivity index (χ3v) is 14.8. The topological polar surface area (TPSA) is 181 Å². The number of aromatic nitrogens is 1. The zero-order chi connectivity index (χ0) is 46.5. The van der Waals surface area contributed by atoms with Crippen LogP contribution in [0.4, 0.5) is 4.79 Å². The molecule has 2 saturated carbocycles. The molecule has 0 bridgehead atoms. The lowest BCUT2D eigenvalue weighted by Crippen LogP contribution is -2.58. The first-order chi connectivity index (χ1) is 31.1. The van der Waals surface area contributed by atoms with Crippen LogP contribution >= 0.6 is 7.60 Å². The molecule has 3 aliphatic rings. The SMILES string of the molecule is C=C[C@@H]1C[C@]1(NC(=O)[C@@H]1C[C@@H](Oc2cc(-c3ccccc3)nc3cc(OC)ccc23)CN1C(=O)[C@@H](NC(=O)OC1CCCC1)C(C)(C)C)P(=O)(Oc1ccccc1)O[C@H](C)C(=O)OCC. The Bertz CT molecular complexity index is 2420. The monoisotopic (exact) mass is 910 g/mol. The summed E-state index contributed by atoms with van der Waals surface area (Å²) < 4.78 is 50.8. The Kier molecular flexibility index (Phi) is 14.2. The summed E-state index contributed by atoms with van der Waals surface area (Å²) >= 11 is 0. The van der Waals surface area contributed by atoms with Crippen molar-refractivity contribution in [2.24, 2.45) is 11.3 Å². The van der Waals surface area contributed by atoms with E-state index in [0.717, 1.165) is 31.2 Å². The summed E-state index contributed by atoms with van der Waals surface area (Å²) in [5.41, 5.74) is 1.26. The number of carbonyl (C=O) groups excluding carboxylic acids is 4. The summed E-state index contributed by atoms with van der Waals surface area (Å²) in [6.45, 7) is 12.4. The number of amides is 3. The third-order valence-electron chi connectivity index (χ3n) is 12.1. The molecule has 4 aromatic rings. The molecular formula is C49H59N4O11P. The lowest BCUT2D eigenvalue weighted by atomic mass is 9.85. The van der Waals surface area contributed by atoms with Crippen LogP contribution in [-0.4, -0.2) is 89.7 Å². The van der Waals surface area contributed by atoms with Gasteiger partial charge in [0.2, 0.25) is 11.8 Å². The maximum atomic E-state index is 15.4. The van der Waals surface area contributed by atoms with Crippen molar-refractivity contribution in [1.29, 1.82) is 0 Å². The number of likely N-dealkylation sites (tertiary alicyclic amines) is 1. The Morgan fingerprint density at radius 3 is 2.29 bits per heavy atom. The molecule has 15 nitrogen and oxygen atoms in total. The Morgan fingerprint density at radius 1 is 0.969 bits per heavy atom. The number of esters is 1. The van der Waals surface area contributed by atoms with Crippen molar-refractivity contribution in [2.45, 2.75) is 109 Å². The minimum absolute atomic E-state index is 0.000361. The molecule has 3 amide bonds. The highest BCUT2D eigenvalue weighted by atomic mass is 31.2. The maximum Gasteiger partial charge on any atom is 0.408 e. The lowest BCUT2D eigenvalue weighted by Gasteiger charge is -2.36. The number of methoxy groups -OCH3 is 1. The highest BCUT2D eigenvalue weighted by Gasteiger charge is 2.70. The first kappa shape index (κ1) is 47.1. The quantitative estimate of drug-likeness (QED) is 0.0586. The van der Waals surface area contributed by atoms with Crippen LogP contribution in [0.3, 0.4) is 0 Å². The lowest BCUT2D eigenvalue weighted by molar-refractivity contribution is -0.150. The van der Waals surface area contributed by atoms with Crippen molar-refractivity contribution < 1.29 is 51.7 Å². The van der Waals surface area contributed by atoms with Crippen molar-refractivity contribution in [1.82, 2.24) is 20.5 Å². The van der Waals surface area contributed by atoms with Crippen LogP contribution in [0.25, 0.3) is 22.2 Å². The van der Waals surface area contributed by atoms with Gasteiger partial charge in [0, 0.05) is 35.4 Å². The number of pyridine rings is 1. The molecule has 3 aromatic carbocycles. The number of carbonyl (C=O) groups is 4. The van der Waals surface area contributed by atoms with E-state index in [4.69, 9.17) is 33.0 Å². The molecule has 16 heteroatoms. The molecular weight excluding hydrogens is 852 g/mol. The zero-order valence-electron chi connectivity index (χ0n) is 37.8. The van der Waals surface area contributed by atoms with Crippen LogP contribution in [0.15, 0.2) is 97.6 Å². The Labute approximate surface area is 380 Å². The van der Waals surface area contributed by atoms with Gasteiger partial charge in [-0.2, -0.15) is 0 Å². The molecule has 2 N–H and O–H groups in total. The van der Waals surface area contributed by atoms with Gasteiger partial charge in [-0.15, -0.1) is 6.58 Å². The summed E-state index contributed by atoms with van der Waals surface area (Å²) in [5, 5.41) is 4.82. The van der Waals surface area contributed by atoms with E-state index in [-0.39, 0.29) is 37.8 Å². The van der Waals surface area contributed by atoms with E-state index < -0.39 is 72.4 Å². The third kappa shape index (κ3) is 10.5. The molecule has 1 aromatic heterocycles. The summed E-state index contributed by atoms with van der Waals surface area (Å²) in [6, 6.07) is 22.9. The number of benzene rings is 3. The summed E-state index contributed by atoms with van der Waals surface area (Å²) in [6.07, 6.45) is 1.95. The average molecular weight is 911 g/mol. The number of para-hydroxylation sites is 1. The molecule has 2 aliphatic carbocycles. The van der Waals surface area contributed by atoms with E-state index in [1.165, 1.54) is 11.8 Å². The normalized spacial score (nSPS) is 22.5. The van der Waals surface area contributed by atoms with E-state index in [1.807, 2.05) is 69.3 Å². The summed E-state index contributed by atoms with van der Waals surface area (Å²) in [5.74, 6) is -1.34. The van der Waals surface area contributed by atoms with Crippen LogP contribution < -0.4 is 24.6 Å². The highest BCUT2D eigenvalue weighted by Crippen LogP contribution is 2.72. The van der Waals surface area contributed by atoms with Gasteiger partial charge < -0.3 is 39.0 Å². The van der Waals surface area contributed by atoms with Crippen LogP contribution in [0.5, 0.6) is 17.2 Å². The first-order valence-electron chi connectivity index (χ1n) is 22.2. The number of hydrogen-bond donors (Lipinski definition) is 2. The van der Waals surface area contributed by atoms with E-state index in [2.05, 4.69) is 17.2 Å². The number of alkyl carbamates (subject to hydrolysis) is 1. The molecule has 1 unspecified atom stereocenters. The molecule has 0 radical (unpaired) electrons. The minimum Gasteiger partial charge on any atom is -0.497 e. The van der Waals surface area contributed by atoms with Crippen molar-refractivity contribution in [3.63, 3.8) is 0 Å². The van der Waals surface area contributed by atoms with Crippen LogP contribution in [-0.2, 0) is 32.9 Å². The fourth-order valence-electron chi connectivity index (χ4n) is 8.54. The maximum absolute atomic E-state index is 15.4. The minimum atomic E-state index is -4.52. The molecule has 2 heterocycles. The Morgan fingerprint density at radius 2 is 1.66 bits per heavy atom. The van der Waals surface area contributed by atoms with Gasteiger partial charge in [0.05, 0.1) is 31.5 Å². The molecule has 0 spiro atoms. The predicted molar refractivity (Wildman–Crippen MR) is 244 cm³/mol. The van der Waals surface area contributed by atoms with E-state index >= 15 is 14.2 Å². The smallest absolute Gasteiger partial charge is 0.408 e. The van der Waals surface area contributed by atoms with Crippen molar-refractivity contribution in [3.05, 3.63) is 97.6 Å². The number of hydrogen-bond acceptors (Lipinski definition) is 12. The van der Waals surface area contributed by atoms with E-state index in [0.29, 0.717) is 28.1 Å². The predicted octanol–water partition coefficient (Wildman–Crippen LogP) is 8.60. The summed E-state index contributed by atoms with van der Waals surface area (Å²) in [7, 11) is -2.95. The van der Waals surface area contributed by atoms with Gasteiger partial charge in [-0.1, -0.05) is 75.4 Å². The summed E-state index contributed by atoms with van der Waals surface area (Å²) in [4.78, 5) is 62.8. The Hall–Kier alpha value is -5.92. The van der Waals surface area contributed by atoms with Gasteiger partial charge in [-0.3, -0.25) is 14.1 Å². The number of rotatable bonds is 17. The van der Waals surface area contributed by atoms with Crippen molar-refractivity contribution in [3.8, 4) is 28.5 Å². The second kappa shape index (κ2) is 19.7. The largest absolute Gasteiger partial charge is 0.497 e.